The van der Waals surface area contributed by atoms with E-state index in [9.17, 15) is 25.1 Å². The zero-order valence-corrected chi connectivity index (χ0v) is 26.2. The highest BCUT2D eigenvalue weighted by Crippen LogP contribution is 2.42. The van der Waals surface area contributed by atoms with Crippen LogP contribution in [0.15, 0.2) is 58.7 Å². The van der Waals surface area contributed by atoms with Crippen molar-refractivity contribution >= 4 is 28.4 Å². The number of rotatable bonds is 10. The molecule has 0 spiro atoms. The van der Waals surface area contributed by atoms with Gasteiger partial charge in [0.05, 0.1) is 53.7 Å². The molecule has 2 unspecified atom stereocenters. The summed E-state index contributed by atoms with van der Waals surface area (Å²) in [5, 5.41) is 32.0. The fourth-order valence-corrected chi connectivity index (χ4v) is 6.17. The molecule has 2 aliphatic heterocycles. The second kappa shape index (κ2) is 13.6. The molecule has 0 bridgehead atoms. The highest BCUT2D eigenvalue weighted by Gasteiger charge is 2.39. The number of amides is 2. The van der Waals surface area contributed by atoms with E-state index in [1.54, 1.807) is 61.3 Å². The Kier molecular flexibility index (Phi) is 9.68. The average molecular weight is 613 g/mol. The van der Waals surface area contributed by atoms with Gasteiger partial charge in [0.1, 0.15) is 0 Å². The van der Waals surface area contributed by atoms with Gasteiger partial charge < -0.3 is 34.6 Å². The van der Waals surface area contributed by atoms with Crippen LogP contribution in [0.4, 0.5) is 0 Å². The number of nitriles is 1. The molecule has 3 aromatic rings. The number of aliphatic hydroxyl groups excluding tert-OH is 1. The molecule has 2 aliphatic rings. The van der Waals surface area contributed by atoms with Gasteiger partial charge in [-0.3, -0.25) is 14.6 Å². The number of carbonyl (C=O) groups is 2. The highest BCUT2D eigenvalue weighted by atomic mass is 16.5. The molecule has 0 radical (unpaired) electrons. The van der Waals surface area contributed by atoms with Gasteiger partial charge in [-0.1, -0.05) is 26.0 Å². The van der Waals surface area contributed by atoms with Gasteiger partial charge in [0.15, 0.2) is 5.88 Å². The molecular weight excluding hydrogens is 572 g/mol. The van der Waals surface area contributed by atoms with Crippen molar-refractivity contribution in [2.75, 3.05) is 59.5 Å². The largest absolute Gasteiger partial charge is 0.494 e. The number of nitrogens with zero attached hydrogens (tertiary/aromatic N) is 5. The Morgan fingerprint density at radius 2 is 1.82 bits per heavy atom. The molecule has 1 fully saturated rings. The van der Waals surface area contributed by atoms with E-state index in [0.29, 0.717) is 77.4 Å². The molecule has 3 N–H and O–H groups in total. The van der Waals surface area contributed by atoms with Crippen molar-refractivity contribution < 1.29 is 24.5 Å². The van der Waals surface area contributed by atoms with Crippen molar-refractivity contribution in [3.05, 3.63) is 76.0 Å². The van der Waals surface area contributed by atoms with E-state index >= 15 is 0 Å². The second-order valence-corrected chi connectivity index (χ2v) is 11.5. The number of hydrogen-bond acceptors (Lipinski definition) is 8. The lowest BCUT2D eigenvalue weighted by atomic mass is 9.83. The molecule has 2 atom stereocenters. The third-order valence-electron chi connectivity index (χ3n) is 8.62. The summed E-state index contributed by atoms with van der Waals surface area (Å²) in [5.74, 6) is -1.21. The number of ether oxygens (including phenoxy) is 1. The van der Waals surface area contributed by atoms with Crippen LogP contribution in [0.5, 0.6) is 5.88 Å². The molecular formula is C34H40N6O5. The second-order valence-electron chi connectivity index (χ2n) is 11.5. The Balaban J connectivity index is 1.53. The zero-order chi connectivity index (χ0) is 32.2. The minimum absolute atomic E-state index is 0.122. The van der Waals surface area contributed by atoms with Gasteiger partial charge in [0.2, 0.25) is 0 Å². The summed E-state index contributed by atoms with van der Waals surface area (Å²) in [7, 11) is 1.66. The number of aliphatic hydroxyl groups is 1. The van der Waals surface area contributed by atoms with Crippen LogP contribution in [0.2, 0.25) is 0 Å². The topological polar surface area (TPSA) is 145 Å². The van der Waals surface area contributed by atoms with E-state index in [-0.39, 0.29) is 24.2 Å². The average Bonchev–Trinajstić information content (AvgIpc) is 3.57. The van der Waals surface area contributed by atoms with E-state index in [1.165, 1.54) is 4.90 Å². The molecule has 11 nitrogen and oxygen atoms in total. The zero-order valence-electron chi connectivity index (χ0n) is 26.2. The third-order valence-corrected chi connectivity index (χ3v) is 8.62. The summed E-state index contributed by atoms with van der Waals surface area (Å²) in [5.41, 5.74) is 4.06. The summed E-state index contributed by atoms with van der Waals surface area (Å²) >= 11 is 0. The van der Waals surface area contributed by atoms with Crippen LogP contribution >= 0.6 is 0 Å². The van der Waals surface area contributed by atoms with Crippen LogP contribution in [-0.2, 0) is 9.53 Å². The maximum Gasteiger partial charge on any atom is 0.254 e. The highest BCUT2D eigenvalue weighted by molar-refractivity contribution is 6.22. The molecule has 1 saturated heterocycles. The number of hydrogen-bond donors (Lipinski definition) is 3. The summed E-state index contributed by atoms with van der Waals surface area (Å²) in [6.45, 7) is 9.94. The Bertz CT molecular complexity index is 1680. The molecule has 5 rings (SSSR count). The van der Waals surface area contributed by atoms with Crippen molar-refractivity contribution in [1.29, 1.82) is 5.26 Å². The lowest BCUT2D eigenvalue weighted by molar-refractivity contribution is -0.127. The number of aliphatic imine (C=N–C) groups is 1. The van der Waals surface area contributed by atoms with Gasteiger partial charge in [0, 0.05) is 55.4 Å². The molecule has 0 saturated carbocycles. The standard InChI is InChI=1S/C34H40N6O5/c1-5-39(6-2)20-25(41)19-38(4)34(44)28-21(3)36-31(29(28)23-9-7-22(18-35)8-10-23)30-26-17-24(11-12-27(26)37-32(30)42)33(43)40-13-15-45-16-14-40/h7-12,17,25,29,37,41-42H,5-6,13-16,19-20H2,1-4H3. The van der Waals surface area contributed by atoms with Gasteiger partial charge in [0.25, 0.3) is 11.8 Å². The normalized spacial score (nSPS) is 17.5. The Labute approximate surface area is 263 Å². The third kappa shape index (κ3) is 6.49. The number of allylic oxidation sites excluding steroid dienone is 1. The number of aromatic nitrogens is 1. The van der Waals surface area contributed by atoms with Gasteiger partial charge in [-0.15, -0.1) is 0 Å². The van der Waals surface area contributed by atoms with Crippen molar-refractivity contribution in [2.24, 2.45) is 4.99 Å². The SMILES string of the molecule is CCN(CC)CC(O)CN(C)C(=O)C1=C(C)N=C(c2c(O)[nH]c3ccc(C(=O)N4CCOCC4)cc23)C1c1ccc(C#N)cc1. The van der Waals surface area contributed by atoms with Crippen molar-refractivity contribution in [1.82, 2.24) is 19.7 Å². The number of nitrogens with one attached hydrogen (secondary N) is 1. The molecule has 3 heterocycles. The van der Waals surface area contributed by atoms with Crippen LogP contribution in [0.3, 0.4) is 0 Å². The van der Waals surface area contributed by atoms with Crippen LogP contribution < -0.4 is 0 Å². The molecule has 11 heteroatoms. The maximum atomic E-state index is 14.1. The molecule has 2 amide bonds. The number of carbonyl (C=O) groups excluding carboxylic acids is 2. The van der Waals surface area contributed by atoms with Gasteiger partial charge in [-0.25, -0.2) is 0 Å². The van der Waals surface area contributed by atoms with Crippen LogP contribution in [0.1, 0.15) is 53.7 Å². The summed E-state index contributed by atoms with van der Waals surface area (Å²) in [6, 6.07) is 14.3. The maximum absolute atomic E-state index is 14.1. The number of H-pyrrole nitrogens is 1. The van der Waals surface area contributed by atoms with Gasteiger partial charge in [-0.2, -0.15) is 5.26 Å². The van der Waals surface area contributed by atoms with E-state index < -0.39 is 12.0 Å². The first-order valence-electron chi connectivity index (χ1n) is 15.3. The van der Waals surface area contributed by atoms with Crippen molar-refractivity contribution in [3.63, 3.8) is 0 Å². The Hall–Kier alpha value is -4.50. The molecule has 45 heavy (non-hydrogen) atoms. The molecule has 236 valence electrons. The van der Waals surface area contributed by atoms with Gasteiger partial charge >= 0.3 is 0 Å². The van der Waals surface area contributed by atoms with Gasteiger partial charge in [-0.05, 0) is 55.9 Å². The fourth-order valence-electron chi connectivity index (χ4n) is 6.17. The minimum Gasteiger partial charge on any atom is -0.494 e. The lowest BCUT2D eigenvalue weighted by Gasteiger charge is -2.27. The monoisotopic (exact) mass is 612 g/mol. The summed E-state index contributed by atoms with van der Waals surface area (Å²) in [4.78, 5) is 40.7. The van der Waals surface area contributed by atoms with E-state index in [2.05, 4.69) is 16.0 Å². The summed E-state index contributed by atoms with van der Waals surface area (Å²) < 4.78 is 5.40. The lowest BCUT2D eigenvalue weighted by Crippen LogP contribution is -2.42. The number of aromatic amines is 1. The Morgan fingerprint density at radius 1 is 1.13 bits per heavy atom. The number of benzene rings is 2. The van der Waals surface area contributed by atoms with Crippen molar-refractivity contribution in [2.45, 2.75) is 32.8 Å². The Morgan fingerprint density at radius 3 is 2.47 bits per heavy atom. The predicted molar refractivity (Wildman–Crippen MR) is 171 cm³/mol. The van der Waals surface area contributed by atoms with Crippen molar-refractivity contribution in [3.8, 4) is 11.9 Å². The molecule has 2 aromatic carbocycles. The fraction of sp³-hybridized carbons (Fsp3) is 0.412. The molecule has 1 aromatic heterocycles. The van der Waals surface area contributed by atoms with E-state index in [1.807, 2.05) is 13.8 Å². The van der Waals surface area contributed by atoms with E-state index in [4.69, 9.17) is 9.73 Å². The first-order valence-corrected chi connectivity index (χ1v) is 15.3. The van der Waals surface area contributed by atoms with Crippen LogP contribution in [0, 0.1) is 11.3 Å². The summed E-state index contributed by atoms with van der Waals surface area (Å²) in [6.07, 6.45) is -0.741. The first-order chi connectivity index (χ1) is 21.7. The molecule has 0 aliphatic carbocycles. The number of likely N-dealkylation sites (N-methyl/N-ethyl adjacent to an activating group) is 2. The van der Waals surface area contributed by atoms with Crippen LogP contribution in [0.25, 0.3) is 10.9 Å². The van der Waals surface area contributed by atoms with E-state index in [0.717, 1.165) is 18.7 Å². The first kappa shape index (κ1) is 31.9. The number of aromatic hydroxyl groups is 1. The predicted octanol–water partition coefficient (Wildman–Crippen LogP) is 3.24. The quantitative estimate of drug-likeness (QED) is 0.319. The smallest absolute Gasteiger partial charge is 0.254 e. The minimum atomic E-state index is -0.741. The number of morpholine rings is 1. The number of fused-ring (bicyclic) bond motifs is 1. The van der Waals surface area contributed by atoms with Crippen LogP contribution in [-0.4, -0.2) is 113 Å².